The molecule has 0 heterocycles. The zero-order chi connectivity index (χ0) is 20.4. The first-order chi connectivity index (χ1) is 13.5. The van der Waals surface area contributed by atoms with Gasteiger partial charge in [-0.25, -0.2) is 0 Å². The van der Waals surface area contributed by atoms with E-state index in [9.17, 15) is 13.6 Å². The summed E-state index contributed by atoms with van der Waals surface area (Å²) >= 11 is 0.495. The number of benzene rings is 2. The Morgan fingerprint density at radius 1 is 1.04 bits per heavy atom. The van der Waals surface area contributed by atoms with Crippen molar-refractivity contribution in [1.82, 2.24) is 4.90 Å². The molecule has 0 bridgehead atoms. The lowest BCUT2D eigenvalue weighted by molar-refractivity contribution is 0.0628. The second kappa shape index (κ2) is 11.6. The molecule has 152 valence electrons. The molecule has 2 rings (SSSR count). The summed E-state index contributed by atoms with van der Waals surface area (Å²) in [6, 6.07) is 13.8. The maximum atomic E-state index is 13.0. The van der Waals surface area contributed by atoms with Crippen molar-refractivity contribution in [3.05, 3.63) is 54.1 Å². The van der Waals surface area contributed by atoms with Crippen molar-refractivity contribution in [2.24, 2.45) is 0 Å². The molecule has 0 saturated heterocycles. The molecule has 0 radical (unpaired) electrons. The molecule has 2 aromatic rings. The quantitative estimate of drug-likeness (QED) is 0.554. The summed E-state index contributed by atoms with van der Waals surface area (Å²) in [5.41, 5.74) is 1.86. The molecule has 0 aromatic heterocycles. The van der Waals surface area contributed by atoms with Crippen molar-refractivity contribution < 1.29 is 23.0 Å². The highest BCUT2D eigenvalue weighted by molar-refractivity contribution is 7.99. The van der Waals surface area contributed by atoms with E-state index in [2.05, 4.69) is 5.32 Å². The van der Waals surface area contributed by atoms with Crippen LogP contribution in [0.4, 0.5) is 20.2 Å². The van der Waals surface area contributed by atoms with Crippen molar-refractivity contribution in [3.8, 4) is 0 Å². The van der Waals surface area contributed by atoms with Gasteiger partial charge in [0.2, 0.25) is 0 Å². The van der Waals surface area contributed by atoms with Gasteiger partial charge in [0.1, 0.15) is 0 Å². The summed E-state index contributed by atoms with van der Waals surface area (Å²) in [4.78, 5) is 15.2. The Labute approximate surface area is 168 Å². The molecular formula is C20H24F2N2O3S. The van der Waals surface area contributed by atoms with E-state index in [0.29, 0.717) is 59.9 Å². The number of para-hydroxylation sites is 1. The smallest absolute Gasteiger partial charge is 0.288 e. The summed E-state index contributed by atoms with van der Waals surface area (Å²) in [6.45, 7) is 1.75. The second-order valence-corrected chi connectivity index (χ2v) is 6.91. The Morgan fingerprint density at radius 3 is 2.21 bits per heavy atom. The Bertz CT molecular complexity index is 736. The largest absolute Gasteiger partial charge is 0.383 e. The average Bonchev–Trinajstić information content (AvgIpc) is 2.69. The van der Waals surface area contributed by atoms with Crippen LogP contribution < -0.4 is 5.32 Å². The maximum Gasteiger partial charge on any atom is 0.288 e. The fourth-order valence-electron chi connectivity index (χ4n) is 2.54. The van der Waals surface area contributed by atoms with E-state index in [1.807, 2.05) is 6.07 Å². The van der Waals surface area contributed by atoms with E-state index in [4.69, 9.17) is 9.47 Å². The Balaban J connectivity index is 2.17. The normalized spacial score (nSPS) is 10.9. The first-order valence-electron chi connectivity index (χ1n) is 8.73. The standard InChI is InChI=1S/C20H24F2N2O3S/c1-26-13-11-24(12-14-27-2)19(25)17-5-3-4-6-18(17)23-15-7-9-16(10-8-15)28-20(21)22/h3-10,20,23H,11-14H2,1-2H3. The third kappa shape index (κ3) is 6.78. The molecule has 1 amide bonds. The van der Waals surface area contributed by atoms with Gasteiger partial charge in [0.25, 0.3) is 11.7 Å². The fraction of sp³-hybridized carbons (Fsp3) is 0.350. The van der Waals surface area contributed by atoms with Gasteiger partial charge in [0, 0.05) is 37.9 Å². The first kappa shape index (κ1) is 22.1. The number of rotatable bonds is 11. The van der Waals surface area contributed by atoms with Crippen LogP contribution >= 0.6 is 11.8 Å². The lowest BCUT2D eigenvalue weighted by Crippen LogP contribution is -2.36. The first-order valence-corrected chi connectivity index (χ1v) is 9.61. The van der Waals surface area contributed by atoms with E-state index in [1.54, 1.807) is 61.6 Å². The molecule has 0 atom stereocenters. The zero-order valence-electron chi connectivity index (χ0n) is 15.9. The number of nitrogens with zero attached hydrogens (tertiary/aromatic N) is 1. The third-order valence-corrected chi connectivity index (χ3v) is 4.66. The van der Waals surface area contributed by atoms with Crippen LogP contribution in [-0.2, 0) is 9.47 Å². The molecule has 0 fully saturated rings. The molecule has 0 aliphatic carbocycles. The summed E-state index contributed by atoms with van der Waals surface area (Å²) < 4.78 is 35.1. The molecular weight excluding hydrogens is 386 g/mol. The van der Waals surface area contributed by atoms with Crippen LogP contribution in [0.5, 0.6) is 0 Å². The number of halogens is 2. The van der Waals surface area contributed by atoms with Gasteiger partial charge in [-0.3, -0.25) is 4.79 Å². The van der Waals surface area contributed by atoms with Crippen molar-refractivity contribution in [2.45, 2.75) is 10.7 Å². The second-order valence-electron chi connectivity index (χ2n) is 5.85. The minimum Gasteiger partial charge on any atom is -0.383 e. The highest BCUT2D eigenvalue weighted by Crippen LogP contribution is 2.28. The van der Waals surface area contributed by atoms with Crippen molar-refractivity contribution in [2.75, 3.05) is 45.8 Å². The van der Waals surface area contributed by atoms with Crippen LogP contribution in [0.15, 0.2) is 53.4 Å². The van der Waals surface area contributed by atoms with Gasteiger partial charge in [-0.05, 0) is 36.4 Å². The molecule has 28 heavy (non-hydrogen) atoms. The van der Waals surface area contributed by atoms with E-state index in [1.165, 1.54) is 0 Å². The van der Waals surface area contributed by atoms with Crippen LogP contribution in [0.1, 0.15) is 10.4 Å². The number of nitrogens with one attached hydrogen (secondary N) is 1. The zero-order valence-corrected chi connectivity index (χ0v) is 16.7. The van der Waals surface area contributed by atoms with Crippen LogP contribution in [0.3, 0.4) is 0 Å². The average molecular weight is 410 g/mol. The van der Waals surface area contributed by atoms with Crippen molar-refractivity contribution in [1.29, 1.82) is 0 Å². The van der Waals surface area contributed by atoms with Gasteiger partial charge in [-0.15, -0.1) is 0 Å². The Hall–Kier alpha value is -2.16. The lowest BCUT2D eigenvalue weighted by Gasteiger charge is -2.23. The molecule has 0 spiro atoms. The number of thioether (sulfide) groups is 1. The number of carbonyl (C=O) groups excluding carboxylic acids is 1. The SMILES string of the molecule is COCCN(CCOC)C(=O)c1ccccc1Nc1ccc(SC(F)F)cc1. The molecule has 0 aliphatic heterocycles. The van der Waals surface area contributed by atoms with Crippen molar-refractivity contribution >= 4 is 29.0 Å². The predicted molar refractivity (Wildman–Crippen MR) is 108 cm³/mol. The van der Waals surface area contributed by atoms with Gasteiger partial charge in [-0.1, -0.05) is 23.9 Å². The van der Waals surface area contributed by atoms with Crippen LogP contribution in [0.25, 0.3) is 0 Å². The monoisotopic (exact) mass is 410 g/mol. The summed E-state index contributed by atoms with van der Waals surface area (Å²) in [7, 11) is 3.18. The van der Waals surface area contributed by atoms with Crippen molar-refractivity contribution in [3.63, 3.8) is 0 Å². The molecule has 0 unspecified atom stereocenters. The number of amides is 1. The number of hydrogen-bond donors (Lipinski definition) is 1. The summed E-state index contributed by atoms with van der Waals surface area (Å²) in [6.07, 6.45) is 0. The molecule has 1 N–H and O–H groups in total. The Morgan fingerprint density at radius 2 is 1.64 bits per heavy atom. The van der Waals surface area contributed by atoms with Gasteiger partial charge >= 0.3 is 0 Å². The molecule has 8 heteroatoms. The fourth-order valence-corrected chi connectivity index (χ4v) is 3.04. The maximum absolute atomic E-state index is 13.0. The lowest BCUT2D eigenvalue weighted by atomic mass is 10.1. The van der Waals surface area contributed by atoms with Gasteiger partial charge in [0.15, 0.2) is 0 Å². The topological polar surface area (TPSA) is 50.8 Å². The highest BCUT2D eigenvalue weighted by Gasteiger charge is 2.18. The van der Waals surface area contributed by atoms with Gasteiger partial charge < -0.3 is 19.7 Å². The van der Waals surface area contributed by atoms with E-state index < -0.39 is 5.76 Å². The summed E-state index contributed by atoms with van der Waals surface area (Å²) in [5, 5.41) is 3.19. The molecule has 0 saturated carbocycles. The Kier molecular flexibility index (Phi) is 9.19. The number of anilines is 2. The van der Waals surface area contributed by atoms with Crippen LogP contribution in [-0.4, -0.2) is 57.1 Å². The van der Waals surface area contributed by atoms with Gasteiger partial charge in [0.05, 0.1) is 24.5 Å². The number of hydrogen-bond acceptors (Lipinski definition) is 5. The molecule has 5 nitrogen and oxygen atoms in total. The third-order valence-electron chi connectivity index (χ3n) is 3.93. The van der Waals surface area contributed by atoms with Gasteiger partial charge in [-0.2, -0.15) is 8.78 Å². The minimum absolute atomic E-state index is 0.137. The number of carbonyl (C=O) groups is 1. The van der Waals surface area contributed by atoms with E-state index >= 15 is 0 Å². The minimum atomic E-state index is -2.46. The number of ether oxygens (including phenoxy) is 2. The highest BCUT2D eigenvalue weighted by atomic mass is 32.2. The number of methoxy groups -OCH3 is 2. The van der Waals surface area contributed by atoms with E-state index in [-0.39, 0.29) is 5.91 Å². The van der Waals surface area contributed by atoms with Crippen LogP contribution in [0.2, 0.25) is 0 Å². The number of alkyl halides is 2. The van der Waals surface area contributed by atoms with E-state index in [0.717, 1.165) is 0 Å². The van der Waals surface area contributed by atoms with Crippen LogP contribution in [0, 0.1) is 0 Å². The summed E-state index contributed by atoms with van der Waals surface area (Å²) in [5.74, 6) is -2.59. The predicted octanol–water partition coefficient (Wildman–Crippen LogP) is 4.48. The molecule has 2 aromatic carbocycles. The molecule has 0 aliphatic rings.